The molecule has 1 aromatic carbocycles. The molecule has 2 nitrogen and oxygen atoms in total. The van der Waals surface area contributed by atoms with Gasteiger partial charge in [-0.25, -0.2) is 4.79 Å². The second-order valence-electron chi connectivity index (χ2n) is 4.13. The molecular weight excluding hydrogens is 371 g/mol. The maximum Gasteiger partial charge on any atom is 0.338 e. The van der Waals surface area contributed by atoms with Crippen molar-refractivity contribution >= 4 is 44.5 Å². The summed E-state index contributed by atoms with van der Waals surface area (Å²) in [6.07, 6.45) is 0. The molecule has 0 radical (unpaired) electrons. The van der Waals surface area contributed by atoms with E-state index < -0.39 is 5.60 Å². The van der Waals surface area contributed by atoms with E-state index in [1.54, 1.807) is 12.1 Å². The predicted molar refractivity (Wildman–Crippen MR) is 72.0 cm³/mol. The van der Waals surface area contributed by atoms with Crippen LogP contribution < -0.4 is 0 Å². The van der Waals surface area contributed by atoms with Crippen molar-refractivity contribution in [3.05, 3.63) is 31.8 Å². The molecule has 0 aliphatic heterocycles. The zero-order chi connectivity index (χ0) is 11.6. The van der Waals surface area contributed by atoms with Gasteiger partial charge in [0.2, 0.25) is 0 Å². The van der Waals surface area contributed by atoms with Gasteiger partial charge in [-0.3, -0.25) is 0 Å². The lowest BCUT2D eigenvalue weighted by molar-refractivity contribution is 0.00694. The van der Waals surface area contributed by atoms with Crippen LogP contribution in [0.25, 0.3) is 0 Å². The first-order valence-electron chi connectivity index (χ1n) is 4.48. The van der Waals surface area contributed by atoms with E-state index in [9.17, 15) is 4.79 Å². The second-order valence-corrected chi connectivity index (χ2v) is 6.15. The van der Waals surface area contributed by atoms with Crippen molar-refractivity contribution in [3.63, 3.8) is 0 Å². The summed E-state index contributed by atoms with van der Waals surface area (Å²) in [5.74, 6) is -0.284. The monoisotopic (exact) mass is 382 g/mol. The molecule has 1 aromatic rings. The predicted octanol–water partition coefficient (Wildman–Crippen LogP) is 4.01. The molecule has 0 aromatic heterocycles. The highest BCUT2D eigenvalue weighted by Crippen LogP contribution is 2.21. The van der Waals surface area contributed by atoms with Crippen LogP contribution in [0.3, 0.4) is 0 Å². The summed E-state index contributed by atoms with van der Waals surface area (Å²) in [6.45, 7) is 5.57. The third-order valence-corrected chi connectivity index (χ3v) is 3.88. The van der Waals surface area contributed by atoms with Crippen LogP contribution >= 0.6 is 38.5 Å². The Bertz CT molecular complexity index is 383. The van der Waals surface area contributed by atoms with E-state index in [0.717, 1.165) is 8.04 Å². The van der Waals surface area contributed by atoms with E-state index in [0.29, 0.717) is 5.56 Å². The van der Waals surface area contributed by atoms with Crippen LogP contribution in [-0.4, -0.2) is 11.6 Å². The van der Waals surface area contributed by atoms with Gasteiger partial charge < -0.3 is 4.74 Å². The van der Waals surface area contributed by atoms with Gasteiger partial charge in [0.05, 0.1) is 5.56 Å². The highest BCUT2D eigenvalue weighted by molar-refractivity contribution is 14.1. The Balaban J connectivity index is 2.88. The van der Waals surface area contributed by atoms with Crippen LogP contribution in [0.1, 0.15) is 31.1 Å². The third-order valence-electron chi connectivity index (χ3n) is 1.55. The van der Waals surface area contributed by atoms with Gasteiger partial charge in [0, 0.05) is 8.04 Å². The minimum absolute atomic E-state index is 0.284. The molecule has 0 bridgehead atoms. The summed E-state index contributed by atoms with van der Waals surface area (Å²) in [5.41, 5.74) is 0.132. The molecule has 0 amide bonds. The molecule has 0 unspecified atom stereocenters. The molecule has 82 valence electrons. The number of hydrogen-bond donors (Lipinski definition) is 0. The normalized spacial score (nSPS) is 11.3. The summed E-state index contributed by atoms with van der Waals surface area (Å²) < 4.78 is 7.24. The minimum Gasteiger partial charge on any atom is -0.456 e. The molecule has 0 heterocycles. The Hall–Kier alpha value is -0.100. The Morgan fingerprint density at radius 3 is 2.47 bits per heavy atom. The van der Waals surface area contributed by atoms with Crippen LogP contribution in [0, 0.1) is 3.57 Å². The standard InChI is InChI=1S/C11H12BrIO2/c1-11(2,3)15-10(14)7-4-5-8(12)9(13)6-7/h4-6H,1-3H3. The van der Waals surface area contributed by atoms with Gasteiger partial charge in [-0.2, -0.15) is 0 Å². The molecule has 4 heteroatoms. The molecule has 1 rings (SSSR count). The van der Waals surface area contributed by atoms with E-state index in [-0.39, 0.29) is 5.97 Å². The molecule has 0 saturated heterocycles. The highest BCUT2D eigenvalue weighted by atomic mass is 127. The van der Waals surface area contributed by atoms with Crippen LogP contribution in [0.4, 0.5) is 0 Å². The molecule has 0 spiro atoms. The van der Waals surface area contributed by atoms with Gasteiger partial charge in [0.1, 0.15) is 5.60 Å². The van der Waals surface area contributed by atoms with Gasteiger partial charge >= 0.3 is 5.97 Å². The quantitative estimate of drug-likeness (QED) is 0.541. The Kier molecular flexibility index (Phi) is 4.17. The van der Waals surface area contributed by atoms with E-state index in [2.05, 4.69) is 38.5 Å². The first-order chi connectivity index (χ1) is 6.79. The van der Waals surface area contributed by atoms with Crippen molar-refractivity contribution in [2.75, 3.05) is 0 Å². The zero-order valence-corrected chi connectivity index (χ0v) is 12.5. The van der Waals surface area contributed by atoms with Crippen molar-refractivity contribution in [1.29, 1.82) is 0 Å². The van der Waals surface area contributed by atoms with Crippen LogP contribution in [0.2, 0.25) is 0 Å². The fraction of sp³-hybridized carbons (Fsp3) is 0.364. The van der Waals surface area contributed by atoms with E-state index >= 15 is 0 Å². The summed E-state index contributed by atoms with van der Waals surface area (Å²) in [4.78, 5) is 11.7. The lowest BCUT2D eigenvalue weighted by Gasteiger charge is -2.19. The second kappa shape index (κ2) is 4.82. The molecule has 0 saturated carbocycles. The first kappa shape index (κ1) is 13.0. The highest BCUT2D eigenvalue weighted by Gasteiger charge is 2.18. The van der Waals surface area contributed by atoms with Gasteiger partial charge in [-0.15, -0.1) is 0 Å². The van der Waals surface area contributed by atoms with Gasteiger partial charge in [-0.1, -0.05) is 0 Å². The fourth-order valence-electron chi connectivity index (χ4n) is 0.960. The maximum absolute atomic E-state index is 11.7. The molecule has 0 aliphatic rings. The molecular formula is C11H12BrIO2. The Labute approximate surface area is 112 Å². The lowest BCUT2D eigenvalue weighted by Crippen LogP contribution is -2.23. The number of esters is 1. The summed E-state index contributed by atoms with van der Waals surface area (Å²) in [5, 5.41) is 0. The number of halogens is 2. The van der Waals surface area contributed by atoms with Crippen LogP contribution in [-0.2, 0) is 4.74 Å². The molecule has 0 N–H and O–H groups in total. The average molecular weight is 383 g/mol. The third kappa shape index (κ3) is 4.10. The van der Waals surface area contributed by atoms with Crippen molar-refractivity contribution in [2.45, 2.75) is 26.4 Å². The van der Waals surface area contributed by atoms with Crippen molar-refractivity contribution in [3.8, 4) is 0 Å². The number of rotatable bonds is 1. The number of ether oxygens (including phenoxy) is 1. The maximum atomic E-state index is 11.7. The lowest BCUT2D eigenvalue weighted by atomic mass is 10.2. The first-order valence-corrected chi connectivity index (χ1v) is 6.35. The largest absolute Gasteiger partial charge is 0.456 e. The van der Waals surface area contributed by atoms with Gasteiger partial charge in [-0.05, 0) is 77.5 Å². The number of carbonyl (C=O) groups is 1. The van der Waals surface area contributed by atoms with E-state index in [1.165, 1.54) is 0 Å². The summed E-state index contributed by atoms with van der Waals surface area (Å²) in [6, 6.07) is 5.40. The average Bonchev–Trinajstić information content (AvgIpc) is 2.06. The number of carbonyl (C=O) groups excluding carboxylic acids is 1. The van der Waals surface area contributed by atoms with Crippen LogP contribution in [0.5, 0.6) is 0 Å². The molecule has 0 atom stereocenters. The molecule has 0 fully saturated rings. The zero-order valence-electron chi connectivity index (χ0n) is 8.80. The van der Waals surface area contributed by atoms with E-state index in [4.69, 9.17) is 4.74 Å². The fourth-order valence-corrected chi connectivity index (χ4v) is 1.72. The Morgan fingerprint density at radius 1 is 1.40 bits per heavy atom. The van der Waals surface area contributed by atoms with Crippen LogP contribution in [0.15, 0.2) is 22.7 Å². The van der Waals surface area contributed by atoms with Crippen molar-refractivity contribution in [1.82, 2.24) is 0 Å². The Morgan fingerprint density at radius 2 is 2.00 bits per heavy atom. The van der Waals surface area contributed by atoms with Gasteiger partial charge in [0.15, 0.2) is 0 Å². The smallest absolute Gasteiger partial charge is 0.338 e. The van der Waals surface area contributed by atoms with Crippen molar-refractivity contribution in [2.24, 2.45) is 0 Å². The molecule has 15 heavy (non-hydrogen) atoms. The van der Waals surface area contributed by atoms with E-state index in [1.807, 2.05) is 26.8 Å². The molecule has 0 aliphatic carbocycles. The van der Waals surface area contributed by atoms with Gasteiger partial charge in [0.25, 0.3) is 0 Å². The number of benzene rings is 1. The summed E-state index contributed by atoms with van der Waals surface area (Å²) in [7, 11) is 0. The summed E-state index contributed by atoms with van der Waals surface area (Å²) >= 11 is 5.55. The van der Waals surface area contributed by atoms with Crippen molar-refractivity contribution < 1.29 is 9.53 Å². The SMILES string of the molecule is CC(C)(C)OC(=O)c1ccc(Br)c(I)c1. The minimum atomic E-state index is -0.449. The number of hydrogen-bond acceptors (Lipinski definition) is 2. The topological polar surface area (TPSA) is 26.3 Å².